The lowest BCUT2D eigenvalue weighted by Crippen LogP contribution is -2.42. The van der Waals surface area contributed by atoms with Crippen molar-refractivity contribution in [1.82, 2.24) is 10.2 Å². The van der Waals surface area contributed by atoms with Gasteiger partial charge in [-0.05, 0) is 49.6 Å². The Morgan fingerprint density at radius 3 is 2.41 bits per heavy atom. The summed E-state index contributed by atoms with van der Waals surface area (Å²) < 4.78 is 6.07. The first-order valence-electron chi connectivity index (χ1n) is 10.5. The highest BCUT2D eigenvalue weighted by Gasteiger charge is 2.35. The zero-order valence-electron chi connectivity index (χ0n) is 16.9. The third-order valence-corrected chi connectivity index (χ3v) is 5.64. The maximum absolute atomic E-state index is 12.4. The van der Waals surface area contributed by atoms with Crippen molar-refractivity contribution in [3.8, 4) is 5.75 Å². The summed E-state index contributed by atoms with van der Waals surface area (Å²) in [6.45, 7) is 4.11. The van der Waals surface area contributed by atoms with Gasteiger partial charge in [0.05, 0.1) is 0 Å². The molecule has 0 bridgehead atoms. The van der Waals surface area contributed by atoms with Gasteiger partial charge in [-0.2, -0.15) is 0 Å². The second-order valence-corrected chi connectivity index (χ2v) is 8.11. The number of carbonyl (C=O) groups excluding carboxylic acids is 2. The molecule has 152 valence electrons. The molecule has 0 unspecified atom stereocenters. The van der Waals surface area contributed by atoms with E-state index in [1.165, 1.54) is 5.56 Å². The highest BCUT2D eigenvalue weighted by atomic mass is 16.5. The minimum absolute atomic E-state index is 0.0926. The number of piperidine rings is 1. The zero-order valence-corrected chi connectivity index (χ0v) is 16.9. The fourth-order valence-corrected chi connectivity index (χ4v) is 3.77. The van der Waals surface area contributed by atoms with Crippen LogP contribution >= 0.6 is 0 Å². The Kier molecular flexibility index (Phi) is 5.84. The van der Waals surface area contributed by atoms with E-state index in [1.54, 1.807) is 12.1 Å². The largest absolute Gasteiger partial charge is 0.490 e. The van der Waals surface area contributed by atoms with Crippen LogP contribution in [0.4, 0.5) is 0 Å². The van der Waals surface area contributed by atoms with Crippen molar-refractivity contribution >= 4 is 11.8 Å². The molecular weight excluding hydrogens is 364 g/mol. The minimum atomic E-state index is -0.0926. The van der Waals surface area contributed by atoms with Crippen LogP contribution in [-0.2, 0) is 11.3 Å². The predicted molar refractivity (Wildman–Crippen MR) is 112 cm³/mol. The van der Waals surface area contributed by atoms with Crippen LogP contribution in [0.2, 0.25) is 0 Å². The van der Waals surface area contributed by atoms with E-state index in [4.69, 9.17) is 4.74 Å². The third-order valence-electron chi connectivity index (χ3n) is 5.64. The van der Waals surface area contributed by atoms with Crippen LogP contribution in [0.15, 0.2) is 48.5 Å². The van der Waals surface area contributed by atoms with E-state index in [-0.39, 0.29) is 17.9 Å². The maximum Gasteiger partial charge on any atom is 0.251 e. The predicted octanol–water partition coefficient (Wildman–Crippen LogP) is 3.70. The first-order chi connectivity index (χ1) is 14.1. The molecule has 1 heterocycles. The van der Waals surface area contributed by atoms with Crippen molar-refractivity contribution in [1.29, 1.82) is 0 Å². The molecule has 1 aliphatic carbocycles. The van der Waals surface area contributed by atoms with E-state index in [0.717, 1.165) is 50.1 Å². The number of benzene rings is 2. The number of aryl methyl sites for hydroxylation is 1. The van der Waals surface area contributed by atoms with Crippen molar-refractivity contribution in [2.75, 3.05) is 13.1 Å². The molecule has 29 heavy (non-hydrogen) atoms. The molecular formula is C24H28N2O3. The molecule has 1 N–H and O–H groups in total. The number of carbonyl (C=O) groups is 2. The van der Waals surface area contributed by atoms with E-state index >= 15 is 0 Å². The number of ether oxygens (including phenoxy) is 1. The van der Waals surface area contributed by atoms with Gasteiger partial charge in [-0.3, -0.25) is 9.59 Å². The first kappa shape index (κ1) is 19.5. The van der Waals surface area contributed by atoms with Crippen LogP contribution in [0.25, 0.3) is 0 Å². The highest BCUT2D eigenvalue weighted by Crippen LogP contribution is 2.32. The lowest BCUT2D eigenvalue weighted by Gasteiger charge is -2.32. The van der Waals surface area contributed by atoms with Gasteiger partial charge in [0.15, 0.2) is 0 Å². The summed E-state index contributed by atoms with van der Waals surface area (Å²) in [6.07, 6.45) is 3.95. The van der Waals surface area contributed by atoms with Gasteiger partial charge in [-0.15, -0.1) is 0 Å². The fourth-order valence-electron chi connectivity index (χ4n) is 3.77. The van der Waals surface area contributed by atoms with E-state index in [1.807, 2.05) is 42.2 Å². The van der Waals surface area contributed by atoms with Crippen molar-refractivity contribution in [3.05, 3.63) is 65.2 Å². The Hall–Kier alpha value is -2.82. The van der Waals surface area contributed by atoms with E-state index in [0.29, 0.717) is 18.0 Å². The molecule has 0 radical (unpaired) electrons. The molecule has 2 aromatic carbocycles. The molecule has 1 aliphatic heterocycles. The SMILES string of the molecule is Cc1cccc(CNC(=O)c2ccc(OC3CCN(C(=O)C4CC4)CC3)cc2)c1. The van der Waals surface area contributed by atoms with Crippen molar-refractivity contribution < 1.29 is 14.3 Å². The molecule has 0 atom stereocenters. The van der Waals surface area contributed by atoms with Gasteiger partial charge < -0.3 is 15.0 Å². The topological polar surface area (TPSA) is 58.6 Å². The summed E-state index contributed by atoms with van der Waals surface area (Å²) in [5.41, 5.74) is 2.89. The van der Waals surface area contributed by atoms with Crippen LogP contribution in [0.5, 0.6) is 5.75 Å². The summed E-state index contributed by atoms with van der Waals surface area (Å²) in [5, 5.41) is 2.96. The number of hydrogen-bond acceptors (Lipinski definition) is 3. The summed E-state index contributed by atoms with van der Waals surface area (Å²) in [7, 11) is 0. The quantitative estimate of drug-likeness (QED) is 0.815. The summed E-state index contributed by atoms with van der Waals surface area (Å²) >= 11 is 0. The Labute approximate surface area is 172 Å². The highest BCUT2D eigenvalue weighted by molar-refractivity contribution is 5.94. The minimum Gasteiger partial charge on any atom is -0.490 e. The van der Waals surface area contributed by atoms with Crippen LogP contribution < -0.4 is 10.1 Å². The molecule has 1 saturated carbocycles. The molecule has 0 spiro atoms. The number of rotatable bonds is 6. The van der Waals surface area contributed by atoms with Gasteiger partial charge in [0, 0.05) is 44.0 Å². The van der Waals surface area contributed by atoms with Gasteiger partial charge >= 0.3 is 0 Å². The molecule has 2 fully saturated rings. The fraction of sp³-hybridized carbons (Fsp3) is 0.417. The maximum atomic E-state index is 12.4. The molecule has 2 aromatic rings. The Bertz CT molecular complexity index is 866. The molecule has 5 nitrogen and oxygen atoms in total. The second kappa shape index (κ2) is 8.68. The van der Waals surface area contributed by atoms with Gasteiger partial charge in [0.25, 0.3) is 5.91 Å². The molecule has 0 aromatic heterocycles. The number of hydrogen-bond donors (Lipinski definition) is 1. The normalized spacial score (nSPS) is 17.1. The van der Waals surface area contributed by atoms with Crippen LogP contribution in [0.1, 0.15) is 47.2 Å². The van der Waals surface area contributed by atoms with Crippen molar-refractivity contribution in [2.45, 2.75) is 45.3 Å². The van der Waals surface area contributed by atoms with Crippen LogP contribution in [0.3, 0.4) is 0 Å². The van der Waals surface area contributed by atoms with Crippen molar-refractivity contribution in [2.24, 2.45) is 5.92 Å². The van der Waals surface area contributed by atoms with E-state index in [9.17, 15) is 9.59 Å². The Morgan fingerprint density at radius 1 is 1.03 bits per heavy atom. The van der Waals surface area contributed by atoms with Gasteiger partial charge in [-0.25, -0.2) is 0 Å². The molecule has 2 aliphatic rings. The van der Waals surface area contributed by atoms with Crippen molar-refractivity contribution in [3.63, 3.8) is 0 Å². The summed E-state index contributed by atoms with van der Waals surface area (Å²) in [4.78, 5) is 26.5. The number of likely N-dealkylation sites (tertiary alicyclic amines) is 1. The average molecular weight is 392 g/mol. The van der Waals surface area contributed by atoms with Gasteiger partial charge in [-0.1, -0.05) is 29.8 Å². The van der Waals surface area contributed by atoms with Gasteiger partial charge in [0.2, 0.25) is 5.91 Å². The third kappa shape index (κ3) is 5.17. The standard InChI is InChI=1S/C24H28N2O3/c1-17-3-2-4-18(15-17)16-25-23(27)19-7-9-21(10-8-19)29-22-11-13-26(14-12-22)24(28)20-5-6-20/h2-4,7-10,15,20,22H,5-6,11-14,16H2,1H3,(H,25,27). The average Bonchev–Trinajstić information content (AvgIpc) is 3.58. The smallest absolute Gasteiger partial charge is 0.251 e. The molecule has 5 heteroatoms. The summed E-state index contributed by atoms with van der Waals surface area (Å²) in [5.74, 6) is 1.29. The molecule has 1 saturated heterocycles. The Balaban J connectivity index is 1.24. The molecule has 2 amide bonds. The Morgan fingerprint density at radius 2 is 1.76 bits per heavy atom. The van der Waals surface area contributed by atoms with E-state index in [2.05, 4.69) is 11.4 Å². The van der Waals surface area contributed by atoms with E-state index < -0.39 is 0 Å². The van der Waals surface area contributed by atoms with Gasteiger partial charge in [0.1, 0.15) is 11.9 Å². The monoisotopic (exact) mass is 392 g/mol. The first-order valence-corrected chi connectivity index (χ1v) is 10.5. The number of amides is 2. The zero-order chi connectivity index (χ0) is 20.2. The second-order valence-electron chi connectivity index (χ2n) is 8.11. The summed E-state index contributed by atoms with van der Waals surface area (Å²) in [6, 6.07) is 15.4. The van der Waals surface area contributed by atoms with Crippen LogP contribution in [0, 0.1) is 12.8 Å². The lowest BCUT2D eigenvalue weighted by molar-refractivity contribution is -0.134. The lowest BCUT2D eigenvalue weighted by atomic mass is 10.1. The number of nitrogens with zero attached hydrogens (tertiary/aromatic N) is 1. The van der Waals surface area contributed by atoms with Crippen LogP contribution in [-0.4, -0.2) is 35.9 Å². The molecule has 4 rings (SSSR count). The number of nitrogens with one attached hydrogen (secondary N) is 1.